The molecule has 15 heterocycles. The molecule has 5 amide bonds. The Hall–Kier alpha value is -9.63. The van der Waals surface area contributed by atoms with E-state index in [9.17, 15) is 104 Å². The second-order valence-corrected chi connectivity index (χ2v) is 27.5. The van der Waals surface area contributed by atoms with Crippen LogP contribution in [0.5, 0.6) is 28.7 Å². The maximum Gasteiger partial charge on any atom is 0.409 e. The highest BCUT2D eigenvalue weighted by Crippen LogP contribution is 2.42. The van der Waals surface area contributed by atoms with E-state index in [1.54, 1.807) is 52.3 Å². The number of alkyl halides is 7. The van der Waals surface area contributed by atoms with Crippen LogP contribution in [0.2, 0.25) is 0 Å². The van der Waals surface area contributed by atoms with Crippen LogP contribution in [0.3, 0.4) is 0 Å². The van der Waals surface area contributed by atoms with Crippen molar-refractivity contribution in [2.75, 3.05) is 40.1 Å². The number of nitrogens with zero attached hydrogens (tertiary/aromatic N) is 10. The van der Waals surface area contributed by atoms with E-state index >= 15 is 0 Å². The fraction of sp³-hybridized carbons (Fsp3) is 0.552. The number of halogens is 7. The molecule has 10 aliphatic heterocycles. The maximum atomic E-state index is 13.7. The Labute approximate surface area is 589 Å². The van der Waals surface area contributed by atoms with Crippen LogP contribution in [0, 0.1) is 34.6 Å². The van der Waals surface area contributed by atoms with Crippen LogP contribution in [-0.2, 0) is 61.1 Å². The monoisotopic (exact) mass is 1490 g/mol. The Kier molecular flexibility index (Phi) is 19.8. The summed E-state index contributed by atoms with van der Waals surface area (Å²) in [6.07, 6.45) is 2.75. The summed E-state index contributed by atoms with van der Waals surface area (Å²) < 4.78 is 134. The van der Waals surface area contributed by atoms with Crippen molar-refractivity contribution in [1.29, 1.82) is 0 Å². The van der Waals surface area contributed by atoms with Crippen molar-refractivity contribution in [1.82, 2.24) is 47.3 Å². The first-order valence-electron chi connectivity index (χ1n) is 33.5. The molecular formula is C67H75F7N10O21. The fourth-order valence-electron chi connectivity index (χ4n) is 15.1. The number of aromatic hydroxyl groups is 5. The number of aryl methyl sites for hydroxylation is 5. The molecule has 1 saturated carbocycles. The number of fused-ring (bicyclic) bond motifs is 12. The van der Waals surface area contributed by atoms with Gasteiger partial charge in [0.2, 0.25) is 27.1 Å². The van der Waals surface area contributed by atoms with Crippen LogP contribution in [0.1, 0.15) is 126 Å². The first kappa shape index (κ1) is 75.1. The highest BCUT2D eigenvalue weighted by Gasteiger charge is 2.57. The molecule has 11 atom stereocenters. The van der Waals surface area contributed by atoms with Gasteiger partial charge in [-0.25, -0.2) is 17.6 Å². The molecule has 0 radical (unpaired) electrons. The minimum atomic E-state index is -4.60. The van der Waals surface area contributed by atoms with Gasteiger partial charge in [0, 0.05) is 78.9 Å². The predicted octanol–water partition coefficient (Wildman–Crippen LogP) is 3.07. The molecule has 0 unspecified atom stereocenters. The zero-order chi connectivity index (χ0) is 76.4. The molecule has 0 spiro atoms. The molecule has 0 aromatic carbocycles. The van der Waals surface area contributed by atoms with Gasteiger partial charge in [0.1, 0.15) is 19.3 Å². The van der Waals surface area contributed by atoms with E-state index in [0.717, 1.165) is 29.1 Å². The second-order valence-electron chi connectivity index (χ2n) is 27.5. The fourth-order valence-corrected chi connectivity index (χ4v) is 15.1. The van der Waals surface area contributed by atoms with E-state index in [1.807, 2.05) is 0 Å². The topological polar surface area (TPSA) is 368 Å². The Bertz CT molecular complexity index is 4610. The lowest BCUT2D eigenvalue weighted by atomic mass is 10.0. The van der Waals surface area contributed by atoms with E-state index < -0.39 is 147 Å². The van der Waals surface area contributed by atoms with Gasteiger partial charge < -0.3 is 96.4 Å². The number of carbonyl (C=O) groups excluding carboxylic acids is 5. The van der Waals surface area contributed by atoms with Crippen LogP contribution >= 0.6 is 0 Å². The first-order valence-corrected chi connectivity index (χ1v) is 33.5. The van der Waals surface area contributed by atoms with Gasteiger partial charge in [0.15, 0.2) is 88.4 Å². The van der Waals surface area contributed by atoms with Gasteiger partial charge in [-0.3, -0.25) is 52.8 Å². The van der Waals surface area contributed by atoms with Crippen LogP contribution in [0.4, 0.5) is 30.7 Å². The van der Waals surface area contributed by atoms with Gasteiger partial charge in [-0.1, -0.05) is 0 Å². The van der Waals surface area contributed by atoms with Crippen LogP contribution in [0.15, 0.2) is 55.0 Å². The summed E-state index contributed by atoms with van der Waals surface area (Å²) >= 11 is 0. The molecule has 38 heteroatoms. The number of carbonyl (C=O) groups is 5. The highest BCUT2D eigenvalue weighted by molar-refractivity contribution is 5.99. The Balaban J connectivity index is 0.000000123. The summed E-state index contributed by atoms with van der Waals surface area (Å²) in [5.74, 6) is -12.8. The Morgan fingerprint density at radius 1 is 0.457 bits per heavy atom. The van der Waals surface area contributed by atoms with Gasteiger partial charge in [0.05, 0.1) is 76.3 Å². The third-order valence-electron chi connectivity index (χ3n) is 20.6. The molecule has 0 bridgehead atoms. The van der Waals surface area contributed by atoms with Gasteiger partial charge >= 0.3 is 6.18 Å². The molecule has 105 heavy (non-hydrogen) atoms. The number of methoxy groups -OCH3 is 1. The minimum absolute atomic E-state index is 0.0420. The molecule has 5 aromatic heterocycles. The van der Waals surface area contributed by atoms with E-state index in [2.05, 4.69) is 0 Å². The SMILES string of the molecule is COC[C@@H]1CCN2C(=O)c3c(O)c(=O)c(C)cn3C[C@@H]2O1.Cc1cn2c(c(O)c1=O)C(=O)N1[C@@H](C)C(F)(F)CO[C@@H]1C2.Cc1cn2c(c(O)c1=O)C(=O)N1[C@H](C(F)(F)F)CCO[C@@H]1C2.Cc1cn2c(c(O)c1=O)C(=O)N1[C@H](C2)OCC(F)(F)[C@H]1C.Cc1cn2c(c(O)c1=O)C(=O)N1[C@H](C2)O[C@H]2CCC[C@H]21. The zero-order valence-electron chi connectivity index (χ0n) is 57.7. The third-order valence-corrected chi connectivity index (χ3v) is 20.6. The Morgan fingerprint density at radius 2 is 0.810 bits per heavy atom. The number of pyridine rings is 5. The summed E-state index contributed by atoms with van der Waals surface area (Å²) in [6.45, 7) is 10.5. The number of amides is 5. The predicted molar refractivity (Wildman–Crippen MR) is 345 cm³/mol. The normalized spacial score (nSPS) is 27.0. The van der Waals surface area contributed by atoms with Gasteiger partial charge in [0.25, 0.3) is 41.4 Å². The molecule has 11 aliphatic rings. The van der Waals surface area contributed by atoms with Crippen molar-refractivity contribution in [3.63, 3.8) is 0 Å². The minimum Gasteiger partial charge on any atom is -0.503 e. The van der Waals surface area contributed by atoms with E-state index in [0.29, 0.717) is 48.7 Å². The molecule has 16 rings (SSSR count). The maximum absolute atomic E-state index is 13.7. The van der Waals surface area contributed by atoms with Crippen molar-refractivity contribution in [2.45, 2.75) is 199 Å². The number of hydrogen-bond donors (Lipinski definition) is 5. The number of aromatic nitrogens is 5. The summed E-state index contributed by atoms with van der Waals surface area (Å²) in [7, 11) is 1.61. The molecule has 31 nitrogen and oxygen atoms in total. The first-order chi connectivity index (χ1) is 49.3. The van der Waals surface area contributed by atoms with Crippen molar-refractivity contribution in [2.24, 2.45) is 0 Å². The zero-order valence-corrected chi connectivity index (χ0v) is 57.7. The average Bonchev–Trinajstić information content (AvgIpc) is 1.47. The lowest BCUT2D eigenvalue weighted by Crippen LogP contribution is -2.64. The average molecular weight is 1490 g/mol. The Morgan fingerprint density at radius 3 is 1.20 bits per heavy atom. The van der Waals surface area contributed by atoms with Crippen LogP contribution < -0.4 is 27.1 Å². The van der Waals surface area contributed by atoms with Gasteiger partial charge in [-0.05, 0) is 74.1 Å². The summed E-state index contributed by atoms with van der Waals surface area (Å²) in [5.41, 5.74) is -2.30. The van der Waals surface area contributed by atoms with Crippen LogP contribution in [-0.4, -0.2) is 228 Å². The van der Waals surface area contributed by atoms with Gasteiger partial charge in [-0.2, -0.15) is 13.2 Å². The summed E-state index contributed by atoms with van der Waals surface area (Å²) in [6, 6.07) is -4.62. The van der Waals surface area contributed by atoms with Crippen LogP contribution in [0.25, 0.3) is 0 Å². The standard InChI is InChI=1S/C14H18N2O5.C14H16N2O4.C13H13F3N2O4.2C13H14F2N2O4/c1-8-5-15-6-10-16(4-3-9(21-10)7-20-2)14(19)11(15)13(18)12(8)17;1-7-5-15-6-10-16(8-3-2-4-9(8)20-10)14(19)11(15)13(18)12(7)17;1-6-4-17-5-8-18(7(2-3-22-8)13(14,15)16)12(21)9(17)11(20)10(6)19;2*1-6-3-16-4-8-17(7(2)13(14,15)5-21-8)12(20)9(16)11(19)10(6)18/h5,9-10,18H,3-4,6-7H2,1-2H3;5,8-10,18H,2-4,6H2,1H3;4,7-8,20H,2-3,5H2,1H3;2*3,7-8,19H,4-5H2,1-2H3/t9-,10-;8-,9+,10+;3*7-,8+/m01010/s1. The van der Waals surface area contributed by atoms with Crippen molar-refractivity contribution in [3.8, 4) is 28.7 Å². The highest BCUT2D eigenvalue weighted by atomic mass is 19.4. The number of ether oxygens (including phenoxy) is 6. The lowest BCUT2D eigenvalue weighted by Gasteiger charge is -2.47. The quantitative estimate of drug-likeness (QED) is 0.159. The van der Waals surface area contributed by atoms with Crippen molar-refractivity contribution in [3.05, 3.63) is 138 Å². The van der Waals surface area contributed by atoms with E-state index in [4.69, 9.17) is 28.4 Å². The molecular weight excluding hydrogens is 1410 g/mol. The second kappa shape index (κ2) is 27.7. The lowest BCUT2D eigenvalue weighted by molar-refractivity contribution is -0.229. The van der Waals surface area contributed by atoms with E-state index in [-0.39, 0.29) is 115 Å². The molecule has 1 aliphatic carbocycles. The summed E-state index contributed by atoms with van der Waals surface area (Å²) in [5, 5.41) is 49.7. The largest absolute Gasteiger partial charge is 0.503 e. The van der Waals surface area contributed by atoms with Crippen molar-refractivity contribution >= 4 is 29.5 Å². The molecule has 568 valence electrons. The number of hydrogen-bond acceptors (Lipinski definition) is 21. The smallest absolute Gasteiger partial charge is 0.409 e. The molecule has 5 N–H and O–H groups in total. The van der Waals surface area contributed by atoms with Crippen molar-refractivity contribution < 1.29 is 109 Å². The molecule has 6 fully saturated rings. The molecule has 5 aromatic rings. The number of rotatable bonds is 2. The molecule has 5 saturated heterocycles. The van der Waals surface area contributed by atoms with Gasteiger partial charge in [-0.15, -0.1) is 0 Å². The van der Waals surface area contributed by atoms with E-state index in [1.165, 1.54) is 66.9 Å². The third kappa shape index (κ3) is 13.1. The summed E-state index contributed by atoms with van der Waals surface area (Å²) in [4.78, 5) is 127.